The molecule has 0 unspecified atom stereocenters. The number of benzene rings is 1. The Kier molecular flexibility index (Phi) is 5.43. The summed E-state index contributed by atoms with van der Waals surface area (Å²) in [6, 6.07) is 4.87. The lowest BCUT2D eigenvalue weighted by molar-refractivity contribution is -0.144. The van der Waals surface area contributed by atoms with E-state index >= 15 is 0 Å². The molecule has 5 N–H and O–H groups in total. The highest BCUT2D eigenvalue weighted by molar-refractivity contribution is 7.89. The first kappa shape index (κ1) is 15.9. The van der Waals surface area contributed by atoms with E-state index in [1.54, 1.807) is 0 Å². The summed E-state index contributed by atoms with van der Waals surface area (Å²) in [5, 5.41) is 15.6. The zero-order valence-corrected chi connectivity index (χ0v) is 11.0. The molecule has 1 aromatic rings. The summed E-state index contributed by atoms with van der Waals surface area (Å²) >= 11 is 0. The Morgan fingerprint density at radius 3 is 2.35 bits per heavy atom. The molecule has 110 valence electrons. The van der Waals surface area contributed by atoms with Crippen LogP contribution >= 0.6 is 0 Å². The van der Waals surface area contributed by atoms with E-state index in [2.05, 4.69) is 10.2 Å². The smallest absolute Gasteiger partial charge is 0.338 e. The number of nitrogens with two attached hydrogens (primary N) is 1. The third kappa shape index (κ3) is 5.65. The van der Waals surface area contributed by atoms with Crippen molar-refractivity contribution in [3.8, 4) is 0 Å². The van der Waals surface area contributed by atoms with E-state index in [-0.39, 0.29) is 11.4 Å². The van der Waals surface area contributed by atoms with Crippen molar-refractivity contribution in [1.29, 1.82) is 0 Å². The second-order valence-corrected chi connectivity index (χ2v) is 5.22. The third-order valence-electron chi connectivity index (χ3n) is 2.07. The largest absolute Gasteiger partial charge is 0.479 e. The van der Waals surface area contributed by atoms with Crippen LogP contribution in [0.2, 0.25) is 0 Å². The molecule has 1 rings (SSSR count). The lowest BCUT2D eigenvalue weighted by Gasteiger charge is -2.07. The summed E-state index contributed by atoms with van der Waals surface area (Å²) in [4.78, 5) is 25.6. The number of primary sulfonamides is 1. The summed E-state index contributed by atoms with van der Waals surface area (Å²) < 4.78 is 22.0. The van der Waals surface area contributed by atoms with Gasteiger partial charge in [-0.1, -0.05) is 12.1 Å². The van der Waals surface area contributed by atoms with Crippen LogP contribution in [0.4, 0.5) is 4.79 Å². The Labute approximate surface area is 114 Å². The Hall–Kier alpha value is -2.17. The molecule has 0 aliphatic rings. The van der Waals surface area contributed by atoms with E-state index in [1.165, 1.54) is 24.3 Å². The van der Waals surface area contributed by atoms with Crippen molar-refractivity contribution in [2.75, 3.05) is 6.61 Å². The van der Waals surface area contributed by atoms with Crippen molar-refractivity contribution in [2.45, 2.75) is 11.4 Å². The van der Waals surface area contributed by atoms with Crippen LogP contribution in [0.1, 0.15) is 5.56 Å². The van der Waals surface area contributed by atoms with Gasteiger partial charge in [0.2, 0.25) is 10.0 Å². The molecule has 10 heteroatoms. The second kappa shape index (κ2) is 6.84. The summed E-state index contributed by atoms with van der Waals surface area (Å²) in [6.45, 7) is -0.552. The minimum absolute atomic E-state index is 0.0320. The van der Waals surface area contributed by atoms with Gasteiger partial charge < -0.3 is 10.4 Å². The molecule has 2 amide bonds. The number of carboxylic acid groups (broad SMARTS) is 1. The molecule has 0 radical (unpaired) electrons. The van der Waals surface area contributed by atoms with Crippen LogP contribution in [0, 0.1) is 0 Å². The first-order valence-electron chi connectivity index (χ1n) is 5.28. The van der Waals surface area contributed by atoms with Gasteiger partial charge in [-0.25, -0.2) is 28.6 Å². The van der Waals surface area contributed by atoms with Gasteiger partial charge in [0.15, 0.2) is 6.61 Å². The van der Waals surface area contributed by atoms with E-state index in [1.807, 2.05) is 5.48 Å². The quantitative estimate of drug-likeness (QED) is 0.503. The number of amides is 2. The topological polar surface area (TPSA) is 148 Å². The zero-order chi connectivity index (χ0) is 15.2. The highest BCUT2D eigenvalue weighted by atomic mass is 32.2. The Bertz CT molecular complexity index is 584. The lowest BCUT2D eigenvalue weighted by atomic mass is 10.2. The predicted octanol–water partition coefficient (Wildman–Crippen LogP) is -0.851. The monoisotopic (exact) mass is 303 g/mol. The minimum Gasteiger partial charge on any atom is -0.479 e. The zero-order valence-electron chi connectivity index (χ0n) is 10.2. The first-order valence-corrected chi connectivity index (χ1v) is 6.83. The fraction of sp³-hybridized carbons (Fsp3) is 0.200. The lowest BCUT2D eigenvalue weighted by Crippen LogP contribution is -2.36. The number of nitrogens with one attached hydrogen (secondary N) is 2. The molecule has 20 heavy (non-hydrogen) atoms. The number of hydroxylamine groups is 1. The number of rotatable bonds is 6. The van der Waals surface area contributed by atoms with Crippen molar-refractivity contribution >= 4 is 22.0 Å². The van der Waals surface area contributed by atoms with Crippen molar-refractivity contribution in [2.24, 2.45) is 5.14 Å². The molecule has 1 aromatic carbocycles. The molecule has 0 aromatic heterocycles. The van der Waals surface area contributed by atoms with E-state index < -0.39 is 28.6 Å². The molecule has 0 heterocycles. The van der Waals surface area contributed by atoms with Crippen LogP contribution in [0.3, 0.4) is 0 Å². The number of hydrogen-bond acceptors (Lipinski definition) is 5. The van der Waals surface area contributed by atoms with Gasteiger partial charge in [0.1, 0.15) is 0 Å². The van der Waals surface area contributed by atoms with E-state index in [9.17, 15) is 18.0 Å². The highest BCUT2D eigenvalue weighted by Crippen LogP contribution is 2.08. The summed E-state index contributed by atoms with van der Waals surface area (Å²) in [5.41, 5.74) is 2.50. The third-order valence-corrected chi connectivity index (χ3v) is 2.99. The van der Waals surface area contributed by atoms with E-state index in [0.29, 0.717) is 5.56 Å². The minimum atomic E-state index is -3.75. The average molecular weight is 303 g/mol. The van der Waals surface area contributed by atoms with Gasteiger partial charge >= 0.3 is 12.0 Å². The predicted molar refractivity (Wildman–Crippen MR) is 66.8 cm³/mol. The molecule has 0 aliphatic carbocycles. The number of hydrogen-bond donors (Lipinski definition) is 4. The first-order chi connectivity index (χ1) is 9.29. The molecular formula is C10H13N3O6S. The number of urea groups is 1. The number of aliphatic carboxylic acids is 1. The van der Waals surface area contributed by atoms with Crippen LogP contribution in [-0.4, -0.2) is 32.1 Å². The van der Waals surface area contributed by atoms with Gasteiger partial charge in [-0.2, -0.15) is 0 Å². The van der Waals surface area contributed by atoms with Crippen LogP contribution < -0.4 is 15.9 Å². The maximum Gasteiger partial charge on any atom is 0.338 e. The fourth-order valence-electron chi connectivity index (χ4n) is 1.18. The number of sulfonamides is 1. The summed E-state index contributed by atoms with van der Waals surface area (Å²) in [7, 11) is -3.75. The summed E-state index contributed by atoms with van der Waals surface area (Å²) in [5.74, 6) is -1.22. The number of carboxylic acids is 1. The van der Waals surface area contributed by atoms with E-state index in [4.69, 9.17) is 10.2 Å². The molecule has 9 nitrogen and oxygen atoms in total. The Morgan fingerprint density at radius 1 is 1.25 bits per heavy atom. The van der Waals surface area contributed by atoms with Gasteiger partial charge in [0.25, 0.3) is 0 Å². The van der Waals surface area contributed by atoms with Crippen LogP contribution in [0.15, 0.2) is 29.2 Å². The molecule has 0 atom stereocenters. The van der Waals surface area contributed by atoms with Gasteiger partial charge in [-0.15, -0.1) is 0 Å². The van der Waals surface area contributed by atoms with Gasteiger partial charge in [-0.05, 0) is 17.7 Å². The fourth-order valence-corrected chi connectivity index (χ4v) is 1.69. The molecule has 0 saturated carbocycles. The van der Waals surface area contributed by atoms with Gasteiger partial charge in [0, 0.05) is 6.54 Å². The van der Waals surface area contributed by atoms with E-state index in [0.717, 1.165) is 0 Å². The highest BCUT2D eigenvalue weighted by Gasteiger charge is 2.07. The number of carbonyl (C=O) groups excluding carboxylic acids is 1. The van der Waals surface area contributed by atoms with Crippen molar-refractivity contribution in [3.05, 3.63) is 29.8 Å². The van der Waals surface area contributed by atoms with Gasteiger partial charge in [0.05, 0.1) is 4.90 Å². The number of carbonyl (C=O) groups is 2. The van der Waals surface area contributed by atoms with Crippen LogP contribution in [0.25, 0.3) is 0 Å². The Balaban J connectivity index is 2.42. The maximum atomic E-state index is 11.2. The van der Waals surface area contributed by atoms with Crippen molar-refractivity contribution in [3.63, 3.8) is 0 Å². The van der Waals surface area contributed by atoms with Crippen LogP contribution in [0.5, 0.6) is 0 Å². The average Bonchev–Trinajstić information content (AvgIpc) is 2.35. The molecule has 0 fully saturated rings. The standard InChI is InChI=1S/C10H13N3O6S/c11-20(17,18)8-3-1-7(2-4-8)5-12-10(16)13-19-6-9(14)15/h1-4H,5-6H2,(H,14,15)(H2,11,17,18)(H2,12,13,16). The maximum absolute atomic E-state index is 11.2. The normalized spacial score (nSPS) is 10.8. The SMILES string of the molecule is NS(=O)(=O)c1ccc(CNC(=O)NOCC(=O)O)cc1. The van der Waals surface area contributed by atoms with Gasteiger partial charge in [-0.3, -0.25) is 4.84 Å². The van der Waals surface area contributed by atoms with Crippen molar-refractivity contribution in [1.82, 2.24) is 10.8 Å². The molecule has 0 spiro atoms. The molecule has 0 bridgehead atoms. The second-order valence-electron chi connectivity index (χ2n) is 3.66. The Morgan fingerprint density at radius 2 is 1.85 bits per heavy atom. The van der Waals surface area contributed by atoms with Crippen molar-refractivity contribution < 1.29 is 28.0 Å². The molecule has 0 aliphatic heterocycles. The van der Waals surface area contributed by atoms with Crippen LogP contribution in [-0.2, 0) is 26.2 Å². The summed E-state index contributed by atoms with van der Waals surface area (Å²) in [6.07, 6.45) is 0. The molecule has 0 saturated heterocycles. The molecular weight excluding hydrogens is 290 g/mol.